The summed E-state index contributed by atoms with van der Waals surface area (Å²) in [6.45, 7) is 1.40. The van der Waals surface area contributed by atoms with Crippen LogP contribution in [0.15, 0.2) is 48.5 Å². The van der Waals surface area contributed by atoms with Crippen molar-refractivity contribution in [3.8, 4) is 0 Å². The second kappa shape index (κ2) is 8.84. The molecule has 2 rings (SSSR count). The molecule has 0 aliphatic rings. The second-order valence-electron chi connectivity index (χ2n) is 5.35. The molecule has 7 heteroatoms. The van der Waals surface area contributed by atoms with Gasteiger partial charge in [-0.05, 0) is 42.3 Å². The molecule has 3 N–H and O–H groups in total. The number of carbonyl (C=O) groups is 3. The number of aryl methyl sites for hydroxylation is 1. The van der Waals surface area contributed by atoms with Crippen LogP contribution < -0.4 is 16.2 Å². The van der Waals surface area contributed by atoms with Gasteiger partial charge in [0, 0.05) is 29.6 Å². The lowest BCUT2D eigenvalue weighted by Gasteiger charge is -2.09. The first-order valence-corrected chi connectivity index (χ1v) is 8.04. The maximum absolute atomic E-state index is 12.0. The highest BCUT2D eigenvalue weighted by atomic mass is 35.5. The SMILES string of the molecule is CC(=O)Nc1ccc(C(=O)NNC(=O)CCc2ccccc2Cl)cc1. The van der Waals surface area contributed by atoms with E-state index >= 15 is 0 Å². The summed E-state index contributed by atoms with van der Waals surface area (Å²) in [7, 11) is 0. The van der Waals surface area contributed by atoms with Crippen molar-refractivity contribution < 1.29 is 14.4 Å². The van der Waals surface area contributed by atoms with Crippen molar-refractivity contribution in [2.24, 2.45) is 0 Å². The number of hydrogen-bond acceptors (Lipinski definition) is 3. The van der Waals surface area contributed by atoms with Crippen molar-refractivity contribution in [3.63, 3.8) is 0 Å². The van der Waals surface area contributed by atoms with E-state index in [0.29, 0.717) is 22.7 Å². The molecule has 0 saturated carbocycles. The molecule has 0 radical (unpaired) electrons. The van der Waals surface area contributed by atoms with Crippen LogP contribution in [0.25, 0.3) is 0 Å². The monoisotopic (exact) mass is 359 g/mol. The Morgan fingerprint density at radius 3 is 2.28 bits per heavy atom. The van der Waals surface area contributed by atoms with Crippen molar-refractivity contribution >= 4 is 35.0 Å². The lowest BCUT2D eigenvalue weighted by atomic mass is 10.1. The molecule has 0 heterocycles. The molecule has 3 amide bonds. The number of anilines is 1. The Balaban J connectivity index is 1.80. The predicted molar refractivity (Wildman–Crippen MR) is 96.1 cm³/mol. The molecular weight excluding hydrogens is 342 g/mol. The fraction of sp³-hybridized carbons (Fsp3) is 0.167. The number of hydrazine groups is 1. The van der Waals surface area contributed by atoms with Crippen LogP contribution in [0.3, 0.4) is 0 Å². The predicted octanol–water partition coefficient (Wildman–Crippen LogP) is 2.69. The number of halogens is 1. The van der Waals surface area contributed by atoms with Crippen LogP contribution in [-0.4, -0.2) is 17.7 Å². The van der Waals surface area contributed by atoms with Crippen LogP contribution in [0.5, 0.6) is 0 Å². The van der Waals surface area contributed by atoms with Gasteiger partial charge in [-0.15, -0.1) is 0 Å². The molecule has 2 aromatic carbocycles. The lowest BCUT2D eigenvalue weighted by molar-refractivity contribution is -0.121. The van der Waals surface area contributed by atoms with Gasteiger partial charge in [-0.3, -0.25) is 25.2 Å². The van der Waals surface area contributed by atoms with E-state index in [9.17, 15) is 14.4 Å². The molecule has 25 heavy (non-hydrogen) atoms. The van der Waals surface area contributed by atoms with Crippen molar-refractivity contribution in [2.45, 2.75) is 19.8 Å². The van der Waals surface area contributed by atoms with Crippen molar-refractivity contribution in [3.05, 3.63) is 64.7 Å². The van der Waals surface area contributed by atoms with Crippen LogP contribution in [-0.2, 0) is 16.0 Å². The maximum atomic E-state index is 12.0. The van der Waals surface area contributed by atoms with Gasteiger partial charge in [-0.2, -0.15) is 0 Å². The van der Waals surface area contributed by atoms with Gasteiger partial charge < -0.3 is 5.32 Å². The number of rotatable bonds is 5. The number of carbonyl (C=O) groups excluding carboxylic acids is 3. The van der Waals surface area contributed by atoms with Gasteiger partial charge in [0.1, 0.15) is 0 Å². The average molecular weight is 360 g/mol. The highest BCUT2D eigenvalue weighted by molar-refractivity contribution is 6.31. The molecule has 130 valence electrons. The van der Waals surface area contributed by atoms with Gasteiger partial charge in [0.2, 0.25) is 11.8 Å². The summed E-state index contributed by atoms with van der Waals surface area (Å²) in [5, 5.41) is 3.22. The van der Waals surface area contributed by atoms with E-state index in [2.05, 4.69) is 16.2 Å². The van der Waals surface area contributed by atoms with Gasteiger partial charge in [0.25, 0.3) is 5.91 Å². The Hall–Kier alpha value is -2.86. The third-order valence-corrected chi connectivity index (χ3v) is 3.73. The molecule has 0 atom stereocenters. The van der Waals surface area contributed by atoms with E-state index in [1.54, 1.807) is 30.3 Å². The fourth-order valence-electron chi connectivity index (χ4n) is 2.12. The number of amides is 3. The minimum Gasteiger partial charge on any atom is -0.326 e. The highest BCUT2D eigenvalue weighted by Gasteiger charge is 2.08. The zero-order chi connectivity index (χ0) is 18.2. The quantitative estimate of drug-likeness (QED) is 0.717. The van der Waals surface area contributed by atoms with Gasteiger partial charge in [-0.25, -0.2) is 0 Å². The van der Waals surface area contributed by atoms with Gasteiger partial charge in [0.05, 0.1) is 0 Å². The summed E-state index contributed by atoms with van der Waals surface area (Å²) in [4.78, 5) is 34.7. The van der Waals surface area contributed by atoms with Crippen molar-refractivity contribution in [1.29, 1.82) is 0 Å². The summed E-state index contributed by atoms with van der Waals surface area (Å²) in [6.07, 6.45) is 0.679. The summed E-state index contributed by atoms with van der Waals surface area (Å²) in [6, 6.07) is 13.6. The van der Waals surface area contributed by atoms with Crippen LogP contribution in [0.4, 0.5) is 5.69 Å². The van der Waals surface area contributed by atoms with E-state index in [1.165, 1.54) is 6.92 Å². The van der Waals surface area contributed by atoms with Crippen LogP contribution in [0, 0.1) is 0 Å². The number of hydrogen-bond donors (Lipinski definition) is 3. The standard InChI is InChI=1S/C18H18ClN3O3/c1-12(23)20-15-9-6-14(7-10-15)18(25)22-21-17(24)11-8-13-4-2-3-5-16(13)19/h2-7,9-10H,8,11H2,1H3,(H,20,23)(H,21,24)(H,22,25). The summed E-state index contributed by atoms with van der Waals surface area (Å²) >= 11 is 6.03. The molecule has 0 aliphatic heterocycles. The minimum absolute atomic E-state index is 0.192. The first-order valence-electron chi connectivity index (χ1n) is 7.66. The van der Waals surface area contributed by atoms with E-state index in [4.69, 9.17) is 11.6 Å². The number of nitrogens with one attached hydrogen (secondary N) is 3. The van der Waals surface area contributed by atoms with Crippen molar-refractivity contribution in [1.82, 2.24) is 10.9 Å². The highest BCUT2D eigenvalue weighted by Crippen LogP contribution is 2.16. The van der Waals surface area contributed by atoms with E-state index < -0.39 is 5.91 Å². The summed E-state index contributed by atoms with van der Waals surface area (Å²) in [5.74, 6) is -0.952. The molecule has 0 saturated heterocycles. The topological polar surface area (TPSA) is 87.3 Å². The van der Waals surface area contributed by atoms with E-state index in [-0.39, 0.29) is 18.2 Å². The molecule has 0 spiro atoms. The normalized spacial score (nSPS) is 10.0. The van der Waals surface area contributed by atoms with Gasteiger partial charge in [-0.1, -0.05) is 29.8 Å². The largest absolute Gasteiger partial charge is 0.326 e. The fourth-order valence-corrected chi connectivity index (χ4v) is 2.35. The second-order valence-corrected chi connectivity index (χ2v) is 5.76. The Morgan fingerprint density at radius 1 is 0.960 bits per heavy atom. The molecule has 0 fully saturated rings. The van der Waals surface area contributed by atoms with E-state index in [1.807, 2.05) is 18.2 Å². The first-order chi connectivity index (χ1) is 12.0. The molecule has 0 unspecified atom stereocenters. The smallest absolute Gasteiger partial charge is 0.269 e. The van der Waals surface area contributed by atoms with Crippen LogP contribution in [0.1, 0.15) is 29.3 Å². The molecule has 0 bridgehead atoms. The Bertz CT molecular complexity index is 775. The molecule has 0 aromatic heterocycles. The van der Waals surface area contributed by atoms with E-state index in [0.717, 1.165) is 5.56 Å². The minimum atomic E-state index is -0.444. The van der Waals surface area contributed by atoms with Gasteiger partial charge in [0.15, 0.2) is 0 Å². The summed E-state index contributed by atoms with van der Waals surface area (Å²) < 4.78 is 0. The molecule has 0 aliphatic carbocycles. The number of benzene rings is 2. The molecule has 6 nitrogen and oxygen atoms in total. The Labute approximate surface area is 150 Å². The Morgan fingerprint density at radius 2 is 1.64 bits per heavy atom. The zero-order valence-corrected chi connectivity index (χ0v) is 14.4. The average Bonchev–Trinajstić information content (AvgIpc) is 2.59. The molecular formula is C18H18ClN3O3. The zero-order valence-electron chi connectivity index (χ0n) is 13.6. The van der Waals surface area contributed by atoms with Crippen LogP contribution in [0.2, 0.25) is 5.02 Å². The third-order valence-electron chi connectivity index (χ3n) is 3.36. The van der Waals surface area contributed by atoms with Gasteiger partial charge >= 0.3 is 0 Å². The molecule has 2 aromatic rings. The summed E-state index contributed by atoms with van der Waals surface area (Å²) in [5.41, 5.74) is 6.54. The van der Waals surface area contributed by atoms with Crippen LogP contribution >= 0.6 is 11.6 Å². The Kier molecular flexibility index (Phi) is 6.54. The third kappa shape index (κ3) is 5.93. The maximum Gasteiger partial charge on any atom is 0.269 e. The lowest BCUT2D eigenvalue weighted by Crippen LogP contribution is -2.41. The first kappa shape index (κ1) is 18.5. The van der Waals surface area contributed by atoms with Crippen molar-refractivity contribution in [2.75, 3.05) is 5.32 Å².